The second-order valence-corrected chi connectivity index (χ2v) is 2.62. The summed E-state index contributed by atoms with van der Waals surface area (Å²) in [6, 6.07) is -0.709. The quantitative estimate of drug-likeness (QED) is 0.395. The minimum absolute atomic E-state index is 0.149. The number of carbonyl (C=O) groups is 2. The van der Waals surface area contributed by atoms with Gasteiger partial charge in [0.2, 0.25) is 5.91 Å². The largest absolute Gasteiger partial charge is 0.464 e. The van der Waals surface area contributed by atoms with E-state index in [-0.39, 0.29) is 18.9 Å². The lowest BCUT2D eigenvalue weighted by Crippen LogP contribution is -2.45. The first-order valence-corrected chi connectivity index (χ1v) is 4.55. The standard InChI is InChI=1S/C7H14N2O3S/c1-2-12-7(11)5(4-13)9-6(10)3-8/h5,13H,2-4,8H2,1H3,(H,9,10)/t5-/m0/s1. The summed E-state index contributed by atoms with van der Waals surface area (Å²) in [5.74, 6) is -0.684. The Bertz CT molecular complexity index is 187. The highest BCUT2D eigenvalue weighted by Gasteiger charge is 2.19. The van der Waals surface area contributed by atoms with E-state index >= 15 is 0 Å². The number of hydrogen-bond acceptors (Lipinski definition) is 5. The zero-order chi connectivity index (χ0) is 10.3. The zero-order valence-corrected chi connectivity index (χ0v) is 8.34. The van der Waals surface area contributed by atoms with Gasteiger partial charge in [-0.05, 0) is 6.92 Å². The topological polar surface area (TPSA) is 81.4 Å². The summed E-state index contributed by atoms with van der Waals surface area (Å²) in [4.78, 5) is 21.9. The molecule has 0 fully saturated rings. The van der Waals surface area contributed by atoms with Crippen molar-refractivity contribution < 1.29 is 14.3 Å². The van der Waals surface area contributed by atoms with Crippen LogP contribution in [-0.2, 0) is 14.3 Å². The van der Waals surface area contributed by atoms with Gasteiger partial charge in [0, 0.05) is 5.75 Å². The van der Waals surface area contributed by atoms with Crippen LogP contribution in [0.25, 0.3) is 0 Å². The van der Waals surface area contributed by atoms with Crippen LogP contribution < -0.4 is 11.1 Å². The summed E-state index contributed by atoms with van der Waals surface area (Å²) < 4.78 is 4.70. The van der Waals surface area contributed by atoms with E-state index in [1.165, 1.54) is 0 Å². The lowest BCUT2D eigenvalue weighted by Gasteiger charge is -2.13. The molecule has 6 heteroatoms. The fourth-order valence-electron chi connectivity index (χ4n) is 0.675. The van der Waals surface area contributed by atoms with Crippen LogP contribution in [0.1, 0.15) is 6.92 Å². The molecule has 0 aromatic rings. The van der Waals surface area contributed by atoms with E-state index in [4.69, 9.17) is 10.5 Å². The van der Waals surface area contributed by atoms with Crippen molar-refractivity contribution in [1.29, 1.82) is 0 Å². The Balaban J connectivity index is 4.01. The van der Waals surface area contributed by atoms with Gasteiger partial charge >= 0.3 is 5.97 Å². The molecule has 13 heavy (non-hydrogen) atoms. The first-order chi connectivity index (χ1) is 6.15. The Kier molecular flexibility index (Phi) is 6.34. The maximum atomic E-state index is 11.1. The van der Waals surface area contributed by atoms with Crippen LogP contribution in [0.15, 0.2) is 0 Å². The summed E-state index contributed by atoms with van der Waals surface area (Å²) in [5.41, 5.74) is 5.06. The van der Waals surface area contributed by atoms with Crippen LogP contribution in [0.4, 0.5) is 0 Å². The lowest BCUT2D eigenvalue weighted by atomic mass is 10.3. The summed E-state index contributed by atoms with van der Waals surface area (Å²) >= 11 is 3.90. The molecular formula is C7H14N2O3S. The number of nitrogens with one attached hydrogen (secondary N) is 1. The van der Waals surface area contributed by atoms with Gasteiger partial charge in [-0.25, -0.2) is 4.79 Å². The molecule has 0 aliphatic heterocycles. The van der Waals surface area contributed by atoms with Crippen molar-refractivity contribution in [3.05, 3.63) is 0 Å². The first kappa shape index (κ1) is 12.2. The van der Waals surface area contributed by atoms with Crippen molar-refractivity contribution >= 4 is 24.5 Å². The molecule has 0 saturated carbocycles. The van der Waals surface area contributed by atoms with Crippen LogP contribution in [0, 0.1) is 0 Å². The monoisotopic (exact) mass is 206 g/mol. The summed E-state index contributed by atoms with van der Waals surface area (Å²) in [6.07, 6.45) is 0. The minimum Gasteiger partial charge on any atom is -0.464 e. The molecule has 0 bridgehead atoms. The molecule has 1 atom stereocenters. The highest BCUT2D eigenvalue weighted by molar-refractivity contribution is 7.80. The number of ether oxygens (including phenoxy) is 1. The Morgan fingerprint density at radius 1 is 1.62 bits per heavy atom. The van der Waals surface area contributed by atoms with E-state index < -0.39 is 17.9 Å². The van der Waals surface area contributed by atoms with Crippen molar-refractivity contribution in [2.45, 2.75) is 13.0 Å². The summed E-state index contributed by atoms with van der Waals surface area (Å²) in [6.45, 7) is 1.82. The van der Waals surface area contributed by atoms with Crippen molar-refractivity contribution in [3.8, 4) is 0 Å². The van der Waals surface area contributed by atoms with Gasteiger partial charge in [-0.2, -0.15) is 12.6 Å². The molecule has 76 valence electrons. The molecule has 0 aliphatic rings. The molecular weight excluding hydrogens is 192 g/mol. The van der Waals surface area contributed by atoms with Gasteiger partial charge in [-0.1, -0.05) is 0 Å². The third-order valence-electron chi connectivity index (χ3n) is 1.27. The Labute approximate surface area is 82.4 Å². The molecule has 0 aliphatic carbocycles. The van der Waals surface area contributed by atoms with Crippen LogP contribution in [0.3, 0.4) is 0 Å². The van der Waals surface area contributed by atoms with Gasteiger partial charge in [0.05, 0.1) is 13.2 Å². The Morgan fingerprint density at radius 2 is 2.23 bits per heavy atom. The number of thiol groups is 1. The van der Waals surface area contributed by atoms with E-state index in [1.54, 1.807) is 6.92 Å². The van der Waals surface area contributed by atoms with E-state index in [9.17, 15) is 9.59 Å². The summed E-state index contributed by atoms with van der Waals surface area (Å²) in [7, 11) is 0. The number of amides is 1. The second-order valence-electron chi connectivity index (χ2n) is 2.26. The molecule has 5 nitrogen and oxygen atoms in total. The average molecular weight is 206 g/mol. The van der Waals surface area contributed by atoms with Crippen molar-refractivity contribution in [2.75, 3.05) is 18.9 Å². The average Bonchev–Trinajstić information content (AvgIpc) is 2.14. The van der Waals surface area contributed by atoms with Gasteiger partial charge in [-0.3, -0.25) is 4.79 Å². The van der Waals surface area contributed by atoms with E-state index in [0.717, 1.165) is 0 Å². The zero-order valence-electron chi connectivity index (χ0n) is 7.45. The van der Waals surface area contributed by atoms with E-state index in [1.807, 2.05) is 0 Å². The van der Waals surface area contributed by atoms with E-state index in [0.29, 0.717) is 0 Å². The molecule has 0 spiro atoms. The smallest absolute Gasteiger partial charge is 0.329 e. The third-order valence-corrected chi connectivity index (χ3v) is 1.64. The molecule has 0 aromatic heterocycles. The molecule has 0 saturated heterocycles. The highest BCUT2D eigenvalue weighted by Crippen LogP contribution is 1.92. The van der Waals surface area contributed by atoms with Crippen molar-refractivity contribution in [1.82, 2.24) is 5.32 Å². The molecule has 0 unspecified atom stereocenters. The SMILES string of the molecule is CCOC(=O)[C@H](CS)NC(=O)CN. The van der Waals surface area contributed by atoms with Gasteiger partial charge < -0.3 is 15.8 Å². The fourth-order valence-corrected chi connectivity index (χ4v) is 0.916. The fraction of sp³-hybridized carbons (Fsp3) is 0.714. The van der Waals surface area contributed by atoms with Crippen LogP contribution >= 0.6 is 12.6 Å². The number of carbonyl (C=O) groups excluding carboxylic acids is 2. The maximum absolute atomic E-state index is 11.1. The van der Waals surface area contributed by atoms with E-state index in [2.05, 4.69) is 17.9 Å². The highest BCUT2D eigenvalue weighted by atomic mass is 32.1. The number of rotatable bonds is 5. The predicted molar refractivity (Wildman–Crippen MR) is 51.5 cm³/mol. The van der Waals surface area contributed by atoms with Crippen molar-refractivity contribution in [3.63, 3.8) is 0 Å². The molecule has 1 amide bonds. The van der Waals surface area contributed by atoms with Gasteiger partial charge in [-0.15, -0.1) is 0 Å². The van der Waals surface area contributed by atoms with Gasteiger partial charge in [0.25, 0.3) is 0 Å². The Hall–Kier alpha value is -0.750. The van der Waals surface area contributed by atoms with Gasteiger partial charge in [0.1, 0.15) is 6.04 Å². The predicted octanol–water partition coefficient (Wildman–Crippen LogP) is -1.08. The molecule has 0 aromatic carbocycles. The molecule has 0 radical (unpaired) electrons. The van der Waals surface area contributed by atoms with Crippen LogP contribution in [0.5, 0.6) is 0 Å². The lowest BCUT2D eigenvalue weighted by molar-refractivity contribution is -0.146. The molecule has 3 N–H and O–H groups in total. The third kappa shape index (κ3) is 4.74. The maximum Gasteiger partial charge on any atom is 0.329 e. The van der Waals surface area contributed by atoms with Crippen LogP contribution in [-0.4, -0.2) is 36.8 Å². The summed E-state index contributed by atoms with van der Waals surface area (Å²) in [5, 5.41) is 2.39. The normalized spacial score (nSPS) is 11.9. The second kappa shape index (κ2) is 6.73. The number of nitrogens with two attached hydrogens (primary N) is 1. The molecule has 0 heterocycles. The van der Waals surface area contributed by atoms with Crippen molar-refractivity contribution in [2.24, 2.45) is 5.73 Å². The number of esters is 1. The van der Waals surface area contributed by atoms with Crippen LogP contribution in [0.2, 0.25) is 0 Å². The molecule has 0 rings (SSSR count). The van der Waals surface area contributed by atoms with Gasteiger partial charge in [0.15, 0.2) is 0 Å². The minimum atomic E-state index is -0.709. The first-order valence-electron chi connectivity index (χ1n) is 3.92. The Morgan fingerprint density at radius 3 is 2.62 bits per heavy atom. The number of hydrogen-bond donors (Lipinski definition) is 3.